The number of nitrogens with zero attached hydrogens (tertiary/aromatic N) is 2. The fourth-order valence-corrected chi connectivity index (χ4v) is 3.21. The summed E-state index contributed by atoms with van der Waals surface area (Å²) in [4.78, 5) is 4.55. The van der Waals surface area contributed by atoms with E-state index in [0.717, 1.165) is 28.4 Å². The Morgan fingerprint density at radius 2 is 2.22 bits per heavy atom. The Hall–Kier alpha value is -0.380. The minimum Gasteiger partial charge on any atom is -0.323 e. The van der Waals surface area contributed by atoms with Crippen molar-refractivity contribution in [2.75, 3.05) is 11.5 Å². The highest BCUT2D eigenvalue weighted by Crippen LogP contribution is 2.28. The molecule has 18 heavy (non-hydrogen) atoms. The van der Waals surface area contributed by atoms with Crippen LogP contribution in [0.5, 0.6) is 0 Å². The lowest BCUT2D eigenvalue weighted by molar-refractivity contribution is 0.606. The summed E-state index contributed by atoms with van der Waals surface area (Å²) < 4.78 is 2.21. The molecular weight excluding hydrogens is 287 g/mol. The molecule has 0 saturated heterocycles. The molecule has 98 valence electrons. The van der Waals surface area contributed by atoms with Crippen molar-refractivity contribution in [3.05, 3.63) is 29.0 Å². The van der Waals surface area contributed by atoms with E-state index in [2.05, 4.69) is 29.5 Å². The zero-order chi connectivity index (χ0) is 13.1. The largest absolute Gasteiger partial charge is 0.323 e. The lowest BCUT2D eigenvalue weighted by atomic mass is 10.3. The first-order valence-electron chi connectivity index (χ1n) is 5.98. The van der Waals surface area contributed by atoms with Gasteiger partial charge in [0, 0.05) is 11.8 Å². The molecule has 2 nitrogen and oxygen atoms in total. The molecule has 1 heterocycles. The van der Waals surface area contributed by atoms with Gasteiger partial charge in [-0.05, 0) is 24.8 Å². The highest BCUT2D eigenvalue weighted by molar-refractivity contribution is 7.99. The summed E-state index contributed by atoms with van der Waals surface area (Å²) in [5, 5.41) is 0.688. The molecule has 0 aliphatic carbocycles. The lowest BCUT2D eigenvalue weighted by Crippen LogP contribution is -2.11. The number of rotatable bonds is 5. The van der Waals surface area contributed by atoms with Crippen molar-refractivity contribution >= 4 is 46.0 Å². The third-order valence-electron chi connectivity index (χ3n) is 2.87. The summed E-state index contributed by atoms with van der Waals surface area (Å²) in [5.41, 5.74) is 1.92. The van der Waals surface area contributed by atoms with E-state index >= 15 is 0 Å². The van der Waals surface area contributed by atoms with Crippen LogP contribution < -0.4 is 0 Å². The lowest BCUT2D eigenvalue weighted by Gasteiger charge is -2.16. The van der Waals surface area contributed by atoms with E-state index in [1.54, 1.807) is 0 Å². The van der Waals surface area contributed by atoms with Gasteiger partial charge in [0.15, 0.2) is 0 Å². The average molecular weight is 303 g/mol. The van der Waals surface area contributed by atoms with Crippen molar-refractivity contribution in [1.29, 1.82) is 0 Å². The third-order valence-corrected chi connectivity index (χ3v) is 4.54. The van der Waals surface area contributed by atoms with Crippen molar-refractivity contribution in [2.24, 2.45) is 0 Å². The molecule has 0 aliphatic heterocycles. The zero-order valence-corrected chi connectivity index (χ0v) is 12.8. The molecule has 0 spiro atoms. The van der Waals surface area contributed by atoms with E-state index in [4.69, 9.17) is 23.2 Å². The minimum absolute atomic E-state index is 0.368. The van der Waals surface area contributed by atoms with E-state index in [1.165, 1.54) is 0 Å². The van der Waals surface area contributed by atoms with Gasteiger partial charge in [-0.1, -0.05) is 24.6 Å². The standard InChI is InChI=1S/C13H16Cl2N2S/c1-3-18-8-9(2)17-11-6-4-5-10(15)13(11)16-12(17)7-14/h4-6,9H,3,7-8H2,1-2H3. The predicted octanol–water partition coefficient (Wildman–Crippen LogP) is 4.74. The molecule has 0 saturated carbocycles. The van der Waals surface area contributed by atoms with Crippen LogP contribution in [0.25, 0.3) is 11.0 Å². The molecule has 0 bridgehead atoms. The minimum atomic E-state index is 0.368. The molecule has 0 fully saturated rings. The van der Waals surface area contributed by atoms with Crippen LogP contribution in [0.2, 0.25) is 5.02 Å². The quantitative estimate of drug-likeness (QED) is 0.742. The van der Waals surface area contributed by atoms with Crippen LogP contribution in [0.4, 0.5) is 0 Å². The Balaban J connectivity index is 2.50. The van der Waals surface area contributed by atoms with Gasteiger partial charge < -0.3 is 4.57 Å². The first-order chi connectivity index (χ1) is 8.69. The topological polar surface area (TPSA) is 17.8 Å². The van der Waals surface area contributed by atoms with Crippen molar-refractivity contribution in [3.8, 4) is 0 Å². The highest BCUT2D eigenvalue weighted by atomic mass is 35.5. The average Bonchev–Trinajstić information content (AvgIpc) is 2.76. The Bertz CT molecular complexity index is 539. The van der Waals surface area contributed by atoms with Crippen LogP contribution in [0.1, 0.15) is 25.7 Å². The normalized spacial score (nSPS) is 13.1. The van der Waals surface area contributed by atoms with Crippen LogP contribution >= 0.6 is 35.0 Å². The number of hydrogen-bond acceptors (Lipinski definition) is 2. The van der Waals surface area contributed by atoms with Gasteiger partial charge in [-0.15, -0.1) is 11.6 Å². The van der Waals surface area contributed by atoms with E-state index in [1.807, 2.05) is 23.9 Å². The van der Waals surface area contributed by atoms with E-state index < -0.39 is 0 Å². The van der Waals surface area contributed by atoms with Gasteiger partial charge in [0.2, 0.25) is 0 Å². The second-order valence-corrected chi connectivity index (χ2v) is 6.14. The SMILES string of the molecule is CCSCC(C)n1c(CCl)nc2c(Cl)cccc21. The van der Waals surface area contributed by atoms with Gasteiger partial charge in [0.05, 0.1) is 16.4 Å². The number of thioether (sulfide) groups is 1. The second kappa shape index (κ2) is 6.18. The zero-order valence-electron chi connectivity index (χ0n) is 10.5. The summed E-state index contributed by atoms with van der Waals surface area (Å²) in [5.74, 6) is 3.47. The Kier molecular flexibility index (Phi) is 4.82. The molecule has 1 aromatic carbocycles. The number of para-hydroxylation sites is 1. The summed E-state index contributed by atoms with van der Waals surface area (Å²) in [6.07, 6.45) is 0. The summed E-state index contributed by atoms with van der Waals surface area (Å²) in [7, 11) is 0. The fraction of sp³-hybridized carbons (Fsp3) is 0.462. The van der Waals surface area contributed by atoms with Gasteiger partial charge in [-0.3, -0.25) is 0 Å². The molecule has 0 amide bonds. The molecule has 1 atom stereocenters. The Morgan fingerprint density at radius 1 is 1.44 bits per heavy atom. The van der Waals surface area contributed by atoms with E-state index in [0.29, 0.717) is 16.9 Å². The Labute approximate surface area is 122 Å². The van der Waals surface area contributed by atoms with Crippen LogP contribution in [0, 0.1) is 0 Å². The number of fused-ring (bicyclic) bond motifs is 1. The number of benzene rings is 1. The van der Waals surface area contributed by atoms with Crippen molar-refractivity contribution < 1.29 is 0 Å². The first kappa shape index (κ1) is 14.0. The van der Waals surface area contributed by atoms with Gasteiger partial charge in [-0.2, -0.15) is 11.8 Å². The Morgan fingerprint density at radius 3 is 2.89 bits per heavy atom. The summed E-state index contributed by atoms with van der Waals surface area (Å²) in [6.45, 7) is 4.36. The van der Waals surface area contributed by atoms with Gasteiger partial charge in [0.1, 0.15) is 11.3 Å². The predicted molar refractivity (Wildman–Crippen MR) is 82.0 cm³/mol. The fourth-order valence-electron chi connectivity index (χ4n) is 2.08. The highest BCUT2D eigenvalue weighted by Gasteiger charge is 2.16. The van der Waals surface area contributed by atoms with Crippen molar-refractivity contribution in [2.45, 2.75) is 25.8 Å². The van der Waals surface area contributed by atoms with E-state index in [9.17, 15) is 0 Å². The molecule has 0 radical (unpaired) electrons. The van der Waals surface area contributed by atoms with Crippen LogP contribution in [-0.4, -0.2) is 21.1 Å². The monoisotopic (exact) mass is 302 g/mol. The molecular formula is C13H16Cl2N2S. The van der Waals surface area contributed by atoms with Crippen LogP contribution in [-0.2, 0) is 5.88 Å². The van der Waals surface area contributed by atoms with Crippen LogP contribution in [0.3, 0.4) is 0 Å². The molecule has 5 heteroatoms. The summed E-state index contributed by atoms with van der Waals surface area (Å²) in [6, 6.07) is 6.25. The number of imidazole rings is 1. The van der Waals surface area contributed by atoms with Crippen molar-refractivity contribution in [3.63, 3.8) is 0 Å². The number of hydrogen-bond donors (Lipinski definition) is 0. The van der Waals surface area contributed by atoms with Crippen LogP contribution in [0.15, 0.2) is 18.2 Å². The smallest absolute Gasteiger partial charge is 0.125 e. The maximum atomic E-state index is 6.18. The molecule has 1 unspecified atom stereocenters. The van der Waals surface area contributed by atoms with Gasteiger partial charge in [0.25, 0.3) is 0 Å². The van der Waals surface area contributed by atoms with E-state index in [-0.39, 0.29) is 0 Å². The molecule has 2 aromatic rings. The van der Waals surface area contributed by atoms with Gasteiger partial charge in [-0.25, -0.2) is 4.98 Å². The molecule has 2 rings (SSSR count). The number of aromatic nitrogens is 2. The first-order valence-corrected chi connectivity index (χ1v) is 8.04. The van der Waals surface area contributed by atoms with Crippen molar-refractivity contribution in [1.82, 2.24) is 9.55 Å². The molecule has 0 aliphatic rings. The third kappa shape index (κ3) is 2.63. The number of alkyl halides is 1. The molecule has 0 N–H and O–H groups in total. The number of halogens is 2. The van der Waals surface area contributed by atoms with Gasteiger partial charge >= 0.3 is 0 Å². The maximum Gasteiger partial charge on any atom is 0.125 e. The second-order valence-electron chi connectivity index (χ2n) is 4.15. The summed E-state index contributed by atoms with van der Waals surface area (Å²) >= 11 is 14.1. The molecule has 1 aromatic heterocycles. The maximum absolute atomic E-state index is 6.18.